The minimum atomic E-state index is -1.24. The molecular formula is C32H53NO11. The van der Waals surface area contributed by atoms with Crippen LogP contribution in [0.3, 0.4) is 0 Å². The van der Waals surface area contributed by atoms with Crippen LogP contribution in [0.2, 0.25) is 0 Å². The number of rotatable bonds is 5. The number of hydrogen-bond acceptors (Lipinski definition) is 12. The molecule has 5 heterocycles. The Labute approximate surface area is 260 Å². The van der Waals surface area contributed by atoms with Gasteiger partial charge in [-0.2, -0.15) is 0 Å². The van der Waals surface area contributed by atoms with Gasteiger partial charge in [-0.15, -0.1) is 0 Å². The Balaban J connectivity index is 1.47. The molecule has 15 atom stereocenters. The first-order valence-electron chi connectivity index (χ1n) is 16.5. The van der Waals surface area contributed by atoms with Crippen molar-refractivity contribution in [3.05, 3.63) is 0 Å². The molecule has 5 rings (SSSR count). The van der Waals surface area contributed by atoms with Gasteiger partial charge in [-0.3, -0.25) is 9.69 Å². The summed E-state index contributed by atoms with van der Waals surface area (Å²) in [5.41, 5.74) is -2.14. The Hall–Kier alpha value is -1.54. The third-order valence-electron chi connectivity index (χ3n) is 11.0. The van der Waals surface area contributed by atoms with Gasteiger partial charge in [0.1, 0.15) is 18.3 Å². The van der Waals surface area contributed by atoms with Crippen LogP contribution in [0.25, 0.3) is 0 Å². The van der Waals surface area contributed by atoms with Crippen molar-refractivity contribution in [1.29, 1.82) is 0 Å². The van der Waals surface area contributed by atoms with Gasteiger partial charge in [0.2, 0.25) is 0 Å². The molecular weight excluding hydrogens is 574 g/mol. The van der Waals surface area contributed by atoms with Crippen LogP contribution in [0.15, 0.2) is 0 Å². The van der Waals surface area contributed by atoms with Gasteiger partial charge >= 0.3 is 12.1 Å². The van der Waals surface area contributed by atoms with Crippen molar-refractivity contribution < 1.29 is 53.0 Å². The van der Waals surface area contributed by atoms with Gasteiger partial charge in [-0.25, -0.2) is 4.79 Å². The fraction of sp³-hybridized carbons (Fsp3) is 0.938. The fourth-order valence-corrected chi connectivity index (χ4v) is 8.58. The molecule has 5 aliphatic heterocycles. The lowest BCUT2D eigenvalue weighted by Gasteiger charge is -2.48. The first kappa shape index (κ1) is 33.8. The fourth-order valence-electron chi connectivity index (χ4n) is 8.58. The molecule has 5 fully saturated rings. The minimum absolute atomic E-state index is 0.00224. The number of esters is 1. The number of aliphatic hydroxyl groups is 2. The summed E-state index contributed by atoms with van der Waals surface area (Å²) in [5, 5.41) is 23.2. The number of carbonyl (C=O) groups excluding carboxylic acids is 2. The Morgan fingerprint density at radius 2 is 1.66 bits per heavy atom. The SMILES string of the molecule is CC[C@H]1OC(=O)O[C@@]1(C)[C@@H]1OC(=O)[C@H](C)[C@@H](O)[C@H](C)[C@@H](O[C@@H]2O[C@H](C)C[C@H](N3CCOCC3)[C@H]2O)[C@@]2(C)CC(C)C(O2)[C@@H]1C. The number of cyclic esters (lactones) is 3. The summed E-state index contributed by atoms with van der Waals surface area (Å²) in [6.45, 7) is 17.7. The van der Waals surface area contributed by atoms with E-state index >= 15 is 0 Å². The molecule has 5 aliphatic rings. The van der Waals surface area contributed by atoms with Crippen LogP contribution in [0, 0.1) is 23.7 Å². The molecule has 2 unspecified atom stereocenters. The summed E-state index contributed by atoms with van der Waals surface area (Å²) in [6, 6.07) is -0.169. The predicted molar refractivity (Wildman–Crippen MR) is 156 cm³/mol. The van der Waals surface area contributed by atoms with E-state index in [1.165, 1.54) is 0 Å². The first-order chi connectivity index (χ1) is 20.7. The van der Waals surface area contributed by atoms with E-state index in [9.17, 15) is 19.8 Å². The van der Waals surface area contributed by atoms with Crippen LogP contribution < -0.4 is 0 Å². The van der Waals surface area contributed by atoms with Gasteiger partial charge in [0.15, 0.2) is 11.9 Å². The lowest BCUT2D eigenvalue weighted by molar-refractivity contribution is -0.303. The minimum Gasteiger partial charge on any atom is -0.457 e. The molecule has 0 spiro atoms. The Bertz CT molecular complexity index is 1040. The van der Waals surface area contributed by atoms with E-state index in [2.05, 4.69) is 11.8 Å². The van der Waals surface area contributed by atoms with Gasteiger partial charge in [0.05, 0.1) is 49.1 Å². The second-order valence-corrected chi connectivity index (χ2v) is 14.3. The largest absolute Gasteiger partial charge is 0.509 e. The molecule has 0 aromatic carbocycles. The number of ether oxygens (including phenoxy) is 7. The lowest BCUT2D eigenvalue weighted by atomic mass is 9.76. The number of fused-ring (bicyclic) bond motifs is 2. The summed E-state index contributed by atoms with van der Waals surface area (Å²) in [6.07, 6.45) is -4.93. The number of carbonyl (C=O) groups is 2. The lowest BCUT2D eigenvalue weighted by Crippen LogP contribution is -2.61. The highest BCUT2D eigenvalue weighted by Gasteiger charge is 2.61. The summed E-state index contributed by atoms with van der Waals surface area (Å²) in [7, 11) is 0. The van der Waals surface area contributed by atoms with E-state index in [0.29, 0.717) is 32.5 Å². The monoisotopic (exact) mass is 627 g/mol. The molecule has 5 saturated heterocycles. The number of morpholine rings is 1. The summed E-state index contributed by atoms with van der Waals surface area (Å²) in [4.78, 5) is 28.2. The number of hydrogen-bond donors (Lipinski definition) is 2. The van der Waals surface area contributed by atoms with Crippen LogP contribution in [-0.4, -0.2) is 120 Å². The second-order valence-electron chi connectivity index (χ2n) is 14.3. The van der Waals surface area contributed by atoms with Crippen molar-refractivity contribution in [3.8, 4) is 0 Å². The van der Waals surface area contributed by atoms with Gasteiger partial charge in [0.25, 0.3) is 0 Å². The van der Waals surface area contributed by atoms with Crippen LogP contribution >= 0.6 is 0 Å². The quantitative estimate of drug-likeness (QED) is 0.433. The van der Waals surface area contributed by atoms with E-state index in [1.807, 2.05) is 34.6 Å². The molecule has 12 heteroatoms. The van der Waals surface area contributed by atoms with Crippen LogP contribution in [-0.2, 0) is 38.0 Å². The molecule has 0 saturated carbocycles. The molecule has 0 aromatic heterocycles. The van der Waals surface area contributed by atoms with Crippen molar-refractivity contribution >= 4 is 12.1 Å². The molecule has 2 bridgehead atoms. The highest BCUT2D eigenvalue weighted by atomic mass is 16.8. The third-order valence-corrected chi connectivity index (χ3v) is 11.0. The topological polar surface area (TPSA) is 142 Å². The summed E-state index contributed by atoms with van der Waals surface area (Å²) >= 11 is 0. The zero-order chi connectivity index (χ0) is 32.1. The highest BCUT2D eigenvalue weighted by Crippen LogP contribution is 2.49. The van der Waals surface area contributed by atoms with Gasteiger partial charge in [-0.1, -0.05) is 27.7 Å². The van der Waals surface area contributed by atoms with Gasteiger partial charge in [-0.05, 0) is 52.9 Å². The predicted octanol–water partition coefficient (Wildman–Crippen LogP) is 2.65. The van der Waals surface area contributed by atoms with E-state index < -0.39 is 84.0 Å². The Kier molecular flexibility index (Phi) is 9.93. The van der Waals surface area contributed by atoms with Crippen LogP contribution in [0.4, 0.5) is 4.79 Å². The highest BCUT2D eigenvalue weighted by molar-refractivity contribution is 5.73. The van der Waals surface area contributed by atoms with Crippen molar-refractivity contribution in [3.63, 3.8) is 0 Å². The van der Waals surface area contributed by atoms with E-state index in [4.69, 9.17) is 33.2 Å². The number of aliphatic hydroxyl groups excluding tert-OH is 2. The first-order valence-corrected chi connectivity index (χ1v) is 16.5. The summed E-state index contributed by atoms with van der Waals surface area (Å²) in [5.74, 6) is -2.53. The maximum atomic E-state index is 13.7. The van der Waals surface area contributed by atoms with E-state index in [-0.39, 0.29) is 18.1 Å². The average molecular weight is 628 g/mol. The zero-order valence-corrected chi connectivity index (χ0v) is 27.5. The molecule has 2 N–H and O–H groups in total. The zero-order valence-electron chi connectivity index (χ0n) is 27.5. The molecule has 44 heavy (non-hydrogen) atoms. The van der Waals surface area contributed by atoms with Crippen molar-refractivity contribution in [2.45, 2.75) is 141 Å². The summed E-state index contributed by atoms with van der Waals surface area (Å²) < 4.78 is 42.8. The molecule has 12 nitrogen and oxygen atoms in total. The molecule has 0 radical (unpaired) electrons. The smallest absolute Gasteiger partial charge is 0.457 e. The van der Waals surface area contributed by atoms with Crippen molar-refractivity contribution in [1.82, 2.24) is 4.90 Å². The maximum absolute atomic E-state index is 13.7. The molecule has 0 amide bonds. The number of nitrogens with zero attached hydrogens (tertiary/aromatic N) is 1. The second kappa shape index (κ2) is 12.9. The standard InChI is InChI=1S/C32H53NO11/c1-9-22-32(8,44-30(37)40-22)27-20(6)25-16(2)15-31(7,43-25)26(18(4)23(34)19(5)28(36)41-27)42-29-24(35)21(14-17(3)39-29)33-10-12-38-13-11-33/h16-27,29,34-35H,9-15H2,1-8H3/t16?,17-,18+,19-,20+,21+,22-,23+,24-,25?,26-,27-,29+,31-,32-/m1/s1. The Morgan fingerprint density at radius 3 is 2.32 bits per heavy atom. The average Bonchev–Trinajstić information content (AvgIpc) is 3.47. The van der Waals surface area contributed by atoms with Crippen molar-refractivity contribution in [2.75, 3.05) is 26.3 Å². The van der Waals surface area contributed by atoms with Crippen molar-refractivity contribution in [2.24, 2.45) is 23.7 Å². The van der Waals surface area contributed by atoms with Crippen LogP contribution in [0.1, 0.15) is 74.7 Å². The third kappa shape index (κ3) is 6.12. The van der Waals surface area contributed by atoms with Crippen LogP contribution in [0.5, 0.6) is 0 Å². The van der Waals surface area contributed by atoms with E-state index in [0.717, 1.165) is 13.1 Å². The maximum Gasteiger partial charge on any atom is 0.509 e. The van der Waals surface area contributed by atoms with Gasteiger partial charge in [0, 0.05) is 31.0 Å². The Morgan fingerprint density at radius 1 is 0.977 bits per heavy atom. The van der Waals surface area contributed by atoms with Gasteiger partial charge < -0.3 is 43.4 Å². The molecule has 252 valence electrons. The molecule has 0 aromatic rings. The van der Waals surface area contributed by atoms with E-state index in [1.54, 1.807) is 13.8 Å². The normalized spacial score (nSPS) is 50.8. The molecule has 0 aliphatic carbocycles.